The number of carbonyl (C=O) groups is 1. The fourth-order valence-electron chi connectivity index (χ4n) is 2.03. The van der Waals surface area contributed by atoms with Crippen molar-refractivity contribution in [3.8, 4) is 0 Å². The molecule has 116 valence electrons. The Hall–Kier alpha value is -1.16. The van der Waals surface area contributed by atoms with Gasteiger partial charge in [0.05, 0.1) is 11.8 Å². The second kappa shape index (κ2) is 8.47. The van der Waals surface area contributed by atoms with E-state index in [1.165, 1.54) is 11.8 Å². The Morgan fingerprint density at radius 1 is 1.05 bits per heavy atom. The summed E-state index contributed by atoms with van der Waals surface area (Å²) < 4.78 is 0. The number of hydrogen-bond donors (Lipinski definition) is 1. The first-order valence-electron chi connectivity index (χ1n) is 7.01. The van der Waals surface area contributed by atoms with Gasteiger partial charge < -0.3 is 5.32 Å². The van der Waals surface area contributed by atoms with E-state index in [0.717, 1.165) is 16.9 Å². The Kier molecular flexibility index (Phi) is 6.62. The Morgan fingerprint density at radius 3 is 2.14 bits per heavy atom. The lowest BCUT2D eigenvalue weighted by atomic mass is 10.0. The van der Waals surface area contributed by atoms with Crippen LogP contribution in [-0.4, -0.2) is 11.7 Å². The van der Waals surface area contributed by atoms with Crippen molar-refractivity contribution >= 4 is 40.9 Å². The minimum Gasteiger partial charge on any atom is -0.349 e. The van der Waals surface area contributed by atoms with Crippen molar-refractivity contribution in [2.24, 2.45) is 0 Å². The summed E-state index contributed by atoms with van der Waals surface area (Å²) in [5.41, 5.74) is 1.07. The standard InChI is InChI=1S/C17H17Cl2NOS/c1-2-16(12-3-5-13(18)6-4-12)20-17(21)11-22-15-9-7-14(19)8-10-15/h3-10,16H,2,11H2,1H3,(H,20,21). The van der Waals surface area contributed by atoms with E-state index in [1.807, 2.05) is 55.5 Å². The third-order valence-corrected chi connectivity index (χ3v) is 4.72. The molecule has 2 aromatic rings. The molecule has 1 amide bonds. The fourth-order valence-corrected chi connectivity index (χ4v) is 2.99. The molecule has 0 aromatic heterocycles. The molecule has 1 unspecified atom stereocenters. The fraction of sp³-hybridized carbons (Fsp3) is 0.235. The van der Waals surface area contributed by atoms with E-state index in [1.54, 1.807) is 0 Å². The summed E-state index contributed by atoms with van der Waals surface area (Å²) in [6, 6.07) is 15.1. The van der Waals surface area contributed by atoms with Crippen molar-refractivity contribution in [2.75, 3.05) is 5.75 Å². The predicted molar refractivity (Wildman–Crippen MR) is 94.8 cm³/mol. The summed E-state index contributed by atoms with van der Waals surface area (Å²) in [6.45, 7) is 2.05. The lowest BCUT2D eigenvalue weighted by molar-refractivity contribution is -0.119. The molecule has 0 saturated carbocycles. The molecule has 1 atom stereocenters. The van der Waals surface area contributed by atoms with Crippen molar-refractivity contribution in [3.63, 3.8) is 0 Å². The molecule has 0 bridgehead atoms. The molecule has 0 aliphatic rings. The van der Waals surface area contributed by atoms with E-state index in [0.29, 0.717) is 15.8 Å². The summed E-state index contributed by atoms with van der Waals surface area (Å²) in [7, 11) is 0. The quantitative estimate of drug-likeness (QED) is 0.708. The third-order valence-electron chi connectivity index (χ3n) is 3.20. The Balaban J connectivity index is 1.89. The van der Waals surface area contributed by atoms with Crippen LogP contribution in [0.1, 0.15) is 24.9 Å². The Bertz CT molecular complexity index is 614. The van der Waals surface area contributed by atoms with Gasteiger partial charge in [-0.15, -0.1) is 11.8 Å². The number of thioether (sulfide) groups is 1. The second-order valence-corrected chi connectivity index (χ2v) is 6.74. The van der Waals surface area contributed by atoms with Crippen LogP contribution < -0.4 is 5.32 Å². The zero-order chi connectivity index (χ0) is 15.9. The zero-order valence-electron chi connectivity index (χ0n) is 12.2. The first kappa shape index (κ1) is 17.2. The number of benzene rings is 2. The van der Waals surface area contributed by atoms with Crippen molar-refractivity contribution in [2.45, 2.75) is 24.3 Å². The van der Waals surface area contributed by atoms with Crippen molar-refractivity contribution in [1.29, 1.82) is 0 Å². The minimum absolute atomic E-state index is 0.00980. The number of hydrogen-bond acceptors (Lipinski definition) is 2. The molecule has 0 heterocycles. The summed E-state index contributed by atoms with van der Waals surface area (Å²) in [4.78, 5) is 13.1. The van der Waals surface area contributed by atoms with Crippen LogP contribution >= 0.6 is 35.0 Å². The highest BCUT2D eigenvalue weighted by Gasteiger charge is 2.12. The Morgan fingerprint density at radius 2 is 1.59 bits per heavy atom. The first-order chi connectivity index (χ1) is 10.6. The number of carbonyl (C=O) groups excluding carboxylic acids is 1. The average molecular weight is 354 g/mol. The van der Waals surface area contributed by atoms with Gasteiger partial charge in [-0.25, -0.2) is 0 Å². The molecule has 0 fully saturated rings. The molecule has 2 aromatic carbocycles. The molecule has 2 rings (SSSR count). The highest BCUT2D eigenvalue weighted by molar-refractivity contribution is 8.00. The molecule has 0 saturated heterocycles. The van der Waals surface area contributed by atoms with E-state index in [-0.39, 0.29) is 11.9 Å². The maximum Gasteiger partial charge on any atom is 0.230 e. The smallest absolute Gasteiger partial charge is 0.230 e. The van der Waals surface area contributed by atoms with Gasteiger partial charge in [0, 0.05) is 14.9 Å². The summed E-state index contributed by atoms with van der Waals surface area (Å²) >= 11 is 13.2. The first-order valence-corrected chi connectivity index (χ1v) is 8.76. The van der Waals surface area contributed by atoms with E-state index in [9.17, 15) is 4.79 Å². The van der Waals surface area contributed by atoms with Gasteiger partial charge in [0.25, 0.3) is 0 Å². The van der Waals surface area contributed by atoms with Gasteiger partial charge in [-0.2, -0.15) is 0 Å². The molecule has 0 aliphatic carbocycles. The van der Waals surface area contributed by atoms with Crippen LogP contribution in [0, 0.1) is 0 Å². The number of nitrogens with one attached hydrogen (secondary N) is 1. The number of rotatable bonds is 6. The minimum atomic E-state index is 0.00980. The molecular formula is C17H17Cl2NOS. The molecule has 0 radical (unpaired) electrons. The van der Waals surface area contributed by atoms with Gasteiger partial charge in [-0.3, -0.25) is 4.79 Å². The highest BCUT2D eigenvalue weighted by Crippen LogP contribution is 2.22. The van der Waals surface area contributed by atoms with Crippen molar-refractivity contribution < 1.29 is 4.79 Å². The lowest BCUT2D eigenvalue weighted by Crippen LogP contribution is -2.29. The highest BCUT2D eigenvalue weighted by atomic mass is 35.5. The molecule has 0 aliphatic heterocycles. The summed E-state index contributed by atoms with van der Waals surface area (Å²) in [6.07, 6.45) is 0.832. The summed E-state index contributed by atoms with van der Waals surface area (Å²) in [5, 5.41) is 4.45. The molecule has 0 spiro atoms. The topological polar surface area (TPSA) is 29.1 Å². The van der Waals surface area contributed by atoms with Gasteiger partial charge in [0.2, 0.25) is 5.91 Å². The van der Waals surface area contributed by atoms with E-state index in [2.05, 4.69) is 5.32 Å². The van der Waals surface area contributed by atoms with Gasteiger partial charge >= 0.3 is 0 Å². The van der Waals surface area contributed by atoms with Crippen molar-refractivity contribution in [1.82, 2.24) is 5.32 Å². The van der Waals surface area contributed by atoms with Gasteiger partial charge in [-0.1, -0.05) is 42.3 Å². The van der Waals surface area contributed by atoms with E-state index < -0.39 is 0 Å². The van der Waals surface area contributed by atoms with Crippen LogP contribution in [-0.2, 0) is 4.79 Å². The monoisotopic (exact) mass is 353 g/mol. The zero-order valence-corrected chi connectivity index (χ0v) is 14.5. The number of amides is 1. The largest absolute Gasteiger partial charge is 0.349 e. The van der Waals surface area contributed by atoms with Crippen LogP contribution in [0.2, 0.25) is 10.0 Å². The summed E-state index contributed by atoms with van der Waals surface area (Å²) in [5.74, 6) is 0.396. The predicted octanol–water partition coefficient (Wildman–Crippen LogP) is 5.35. The van der Waals surface area contributed by atoms with Gasteiger partial charge in [0.1, 0.15) is 0 Å². The molecule has 5 heteroatoms. The van der Waals surface area contributed by atoms with E-state index in [4.69, 9.17) is 23.2 Å². The van der Waals surface area contributed by atoms with E-state index >= 15 is 0 Å². The third kappa shape index (κ3) is 5.24. The molecule has 22 heavy (non-hydrogen) atoms. The van der Waals surface area contributed by atoms with Crippen molar-refractivity contribution in [3.05, 3.63) is 64.1 Å². The van der Waals surface area contributed by atoms with Crippen LogP contribution in [0.25, 0.3) is 0 Å². The normalized spacial score (nSPS) is 12.0. The Labute approximate surface area is 145 Å². The van der Waals surface area contributed by atoms with Crippen LogP contribution in [0.4, 0.5) is 0 Å². The SMILES string of the molecule is CCC(NC(=O)CSc1ccc(Cl)cc1)c1ccc(Cl)cc1. The average Bonchev–Trinajstić information content (AvgIpc) is 2.53. The second-order valence-electron chi connectivity index (χ2n) is 4.82. The number of halogens is 2. The molecule has 2 nitrogen and oxygen atoms in total. The van der Waals surface area contributed by atoms with Crippen LogP contribution in [0.5, 0.6) is 0 Å². The van der Waals surface area contributed by atoms with Gasteiger partial charge in [0.15, 0.2) is 0 Å². The molecular weight excluding hydrogens is 337 g/mol. The lowest BCUT2D eigenvalue weighted by Gasteiger charge is -2.17. The maximum atomic E-state index is 12.1. The maximum absolute atomic E-state index is 12.1. The van der Waals surface area contributed by atoms with Gasteiger partial charge in [-0.05, 0) is 48.4 Å². The van der Waals surface area contributed by atoms with Crippen LogP contribution in [0.3, 0.4) is 0 Å². The molecule has 1 N–H and O–H groups in total. The van der Waals surface area contributed by atoms with Crippen LogP contribution in [0.15, 0.2) is 53.4 Å².